The molecule has 144 valence electrons. The molecule has 0 saturated heterocycles. The summed E-state index contributed by atoms with van der Waals surface area (Å²) < 4.78 is 15.2. The number of nitrogens with zero attached hydrogens (tertiary/aromatic N) is 2. The number of hydrogen-bond acceptors (Lipinski definition) is 3. The average molecular weight is 473 g/mol. The Kier molecular flexibility index (Phi) is 5.17. The standard InChI is InChI=1S/C21H12BrClFN3O2/c22-13-7-5-12(6-8-13)19-25-18-4-2-1-3-16(18)21(29)27(19)26-20(28)15-10-9-14(24)11-17(15)23/h1-11H,(H,26,28). The van der Waals surface area contributed by atoms with Crippen molar-refractivity contribution >= 4 is 44.3 Å². The zero-order valence-corrected chi connectivity index (χ0v) is 17.0. The summed E-state index contributed by atoms with van der Waals surface area (Å²) in [6, 6.07) is 17.4. The molecule has 0 radical (unpaired) electrons. The minimum Gasteiger partial charge on any atom is -0.267 e. The molecule has 5 nitrogen and oxygen atoms in total. The average Bonchev–Trinajstić information content (AvgIpc) is 2.70. The van der Waals surface area contributed by atoms with E-state index >= 15 is 0 Å². The zero-order chi connectivity index (χ0) is 20.5. The Morgan fingerprint density at radius 2 is 1.79 bits per heavy atom. The fourth-order valence-electron chi connectivity index (χ4n) is 2.86. The molecule has 0 atom stereocenters. The molecule has 8 heteroatoms. The van der Waals surface area contributed by atoms with E-state index in [-0.39, 0.29) is 16.4 Å². The third kappa shape index (κ3) is 3.79. The number of hydrogen-bond donors (Lipinski definition) is 1. The first-order valence-corrected chi connectivity index (χ1v) is 9.65. The van der Waals surface area contributed by atoms with Gasteiger partial charge in [0.05, 0.1) is 21.5 Å². The molecule has 0 aliphatic carbocycles. The first kappa shape index (κ1) is 19.3. The van der Waals surface area contributed by atoms with Gasteiger partial charge in [0.2, 0.25) is 0 Å². The SMILES string of the molecule is O=C(Nn1c(-c2ccc(Br)cc2)nc2ccccc2c1=O)c1ccc(F)cc1Cl. The van der Waals surface area contributed by atoms with Crippen molar-refractivity contribution in [3.8, 4) is 11.4 Å². The lowest BCUT2D eigenvalue weighted by atomic mass is 10.2. The summed E-state index contributed by atoms with van der Waals surface area (Å²) in [5, 5.41) is 0.286. The molecule has 4 aromatic rings. The normalized spacial score (nSPS) is 10.9. The van der Waals surface area contributed by atoms with Crippen molar-refractivity contribution in [3.63, 3.8) is 0 Å². The molecule has 1 heterocycles. The number of carbonyl (C=O) groups is 1. The number of fused-ring (bicyclic) bond motifs is 1. The molecular weight excluding hydrogens is 461 g/mol. The molecule has 1 amide bonds. The summed E-state index contributed by atoms with van der Waals surface area (Å²) in [4.78, 5) is 30.4. The zero-order valence-electron chi connectivity index (χ0n) is 14.7. The van der Waals surface area contributed by atoms with Crippen LogP contribution in [0.15, 0.2) is 76.0 Å². The maximum atomic E-state index is 13.3. The lowest BCUT2D eigenvalue weighted by Crippen LogP contribution is -2.35. The highest BCUT2D eigenvalue weighted by Crippen LogP contribution is 2.22. The second-order valence-corrected chi connectivity index (χ2v) is 7.49. The lowest BCUT2D eigenvalue weighted by Gasteiger charge is -2.15. The van der Waals surface area contributed by atoms with Crippen LogP contribution in [0.3, 0.4) is 0 Å². The first-order valence-electron chi connectivity index (χ1n) is 8.48. The number of aromatic nitrogens is 2. The maximum Gasteiger partial charge on any atom is 0.280 e. The fraction of sp³-hybridized carbons (Fsp3) is 0. The Morgan fingerprint density at radius 1 is 1.07 bits per heavy atom. The molecule has 0 fully saturated rings. The monoisotopic (exact) mass is 471 g/mol. The van der Waals surface area contributed by atoms with E-state index in [2.05, 4.69) is 26.3 Å². The number of rotatable bonds is 3. The summed E-state index contributed by atoms with van der Waals surface area (Å²) in [5.74, 6) is -0.966. The quantitative estimate of drug-likeness (QED) is 0.456. The molecular formula is C21H12BrClFN3O2. The topological polar surface area (TPSA) is 64.0 Å². The number of benzene rings is 3. The van der Waals surface area contributed by atoms with Gasteiger partial charge in [-0.25, -0.2) is 9.37 Å². The Balaban J connectivity index is 1.88. The molecule has 0 unspecified atom stereocenters. The maximum absolute atomic E-state index is 13.3. The fourth-order valence-corrected chi connectivity index (χ4v) is 3.38. The van der Waals surface area contributed by atoms with Gasteiger partial charge in [-0.15, -0.1) is 0 Å². The molecule has 4 rings (SSSR count). The Bertz CT molecular complexity index is 1310. The van der Waals surface area contributed by atoms with Crippen LogP contribution in [0.5, 0.6) is 0 Å². The second-order valence-electron chi connectivity index (χ2n) is 6.17. The van der Waals surface area contributed by atoms with Gasteiger partial charge in [0, 0.05) is 10.0 Å². The summed E-state index contributed by atoms with van der Waals surface area (Å²) in [7, 11) is 0. The van der Waals surface area contributed by atoms with E-state index < -0.39 is 17.3 Å². The van der Waals surface area contributed by atoms with Crippen LogP contribution < -0.4 is 11.0 Å². The van der Waals surface area contributed by atoms with E-state index in [9.17, 15) is 14.0 Å². The Hall–Kier alpha value is -3.03. The van der Waals surface area contributed by atoms with E-state index in [0.717, 1.165) is 21.3 Å². The van der Waals surface area contributed by atoms with E-state index in [1.807, 2.05) is 0 Å². The van der Waals surface area contributed by atoms with Crippen molar-refractivity contribution < 1.29 is 9.18 Å². The largest absolute Gasteiger partial charge is 0.280 e. The number of carbonyl (C=O) groups excluding carboxylic acids is 1. The van der Waals surface area contributed by atoms with Crippen LogP contribution >= 0.6 is 27.5 Å². The number of nitrogens with one attached hydrogen (secondary N) is 1. The van der Waals surface area contributed by atoms with Crippen molar-refractivity contribution in [2.75, 3.05) is 5.43 Å². The molecule has 0 spiro atoms. The van der Waals surface area contributed by atoms with Gasteiger partial charge in [0.1, 0.15) is 5.82 Å². The van der Waals surface area contributed by atoms with Crippen LogP contribution in [0, 0.1) is 5.82 Å². The van der Waals surface area contributed by atoms with Gasteiger partial charge in [0.15, 0.2) is 5.82 Å². The van der Waals surface area contributed by atoms with Gasteiger partial charge in [-0.05, 0) is 42.5 Å². The highest BCUT2D eigenvalue weighted by atomic mass is 79.9. The summed E-state index contributed by atoms with van der Waals surface area (Å²) in [5.41, 5.74) is 3.26. The van der Waals surface area contributed by atoms with Crippen LogP contribution in [0.25, 0.3) is 22.3 Å². The minimum atomic E-state index is -0.660. The summed E-state index contributed by atoms with van der Waals surface area (Å²) in [6.07, 6.45) is 0. The van der Waals surface area contributed by atoms with Crippen LogP contribution in [0.4, 0.5) is 4.39 Å². The number of amides is 1. The second kappa shape index (κ2) is 7.77. The van der Waals surface area contributed by atoms with E-state index in [4.69, 9.17) is 11.6 Å². The van der Waals surface area contributed by atoms with Crippen molar-refractivity contribution in [1.82, 2.24) is 9.66 Å². The van der Waals surface area contributed by atoms with Gasteiger partial charge >= 0.3 is 0 Å². The molecule has 3 aromatic carbocycles. The predicted molar refractivity (Wildman–Crippen MR) is 114 cm³/mol. The van der Waals surface area contributed by atoms with Gasteiger partial charge < -0.3 is 0 Å². The van der Waals surface area contributed by atoms with Crippen LogP contribution in [0.1, 0.15) is 10.4 Å². The molecule has 1 aromatic heterocycles. The van der Waals surface area contributed by atoms with E-state index in [1.54, 1.807) is 48.5 Å². The minimum absolute atomic E-state index is 0.0369. The lowest BCUT2D eigenvalue weighted by molar-refractivity contribution is 0.101. The molecule has 0 saturated carbocycles. The summed E-state index contributed by atoms with van der Waals surface area (Å²) >= 11 is 9.36. The molecule has 0 bridgehead atoms. The highest BCUT2D eigenvalue weighted by molar-refractivity contribution is 9.10. The number of halogens is 3. The number of para-hydroxylation sites is 1. The van der Waals surface area contributed by atoms with E-state index in [1.165, 1.54) is 6.07 Å². The molecule has 1 N–H and O–H groups in total. The predicted octanol–water partition coefficient (Wildman–Crippen LogP) is 5.00. The third-order valence-electron chi connectivity index (χ3n) is 4.27. The third-order valence-corrected chi connectivity index (χ3v) is 5.11. The van der Waals surface area contributed by atoms with Gasteiger partial charge in [-0.2, -0.15) is 4.68 Å². The highest BCUT2D eigenvalue weighted by Gasteiger charge is 2.17. The van der Waals surface area contributed by atoms with Crippen molar-refractivity contribution in [2.24, 2.45) is 0 Å². The van der Waals surface area contributed by atoms with Crippen molar-refractivity contribution in [2.45, 2.75) is 0 Å². The Morgan fingerprint density at radius 3 is 2.52 bits per heavy atom. The molecule has 0 aliphatic rings. The van der Waals surface area contributed by atoms with Gasteiger partial charge in [-0.3, -0.25) is 15.0 Å². The van der Waals surface area contributed by atoms with Gasteiger partial charge in [0.25, 0.3) is 11.5 Å². The van der Waals surface area contributed by atoms with Gasteiger partial charge in [-0.1, -0.05) is 51.8 Å². The molecule has 0 aliphatic heterocycles. The summed E-state index contributed by atoms with van der Waals surface area (Å²) in [6.45, 7) is 0. The van der Waals surface area contributed by atoms with E-state index in [0.29, 0.717) is 16.5 Å². The van der Waals surface area contributed by atoms with Crippen LogP contribution in [-0.4, -0.2) is 15.6 Å². The first-order chi connectivity index (χ1) is 13.9. The van der Waals surface area contributed by atoms with Crippen molar-refractivity contribution in [1.29, 1.82) is 0 Å². The van der Waals surface area contributed by atoms with Crippen LogP contribution in [-0.2, 0) is 0 Å². The van der Waals surface area contributed by atoms with Crippen LogP contribution in [0.2, 0.25) is 5.02 Å². The van der Waals surface area contributed by atoms with Crippen molar-refractivity contribution in [3.05, 3.63) is 98.0 Å². The Labute approximate surface area is 177 Å². The smallest absolute Gasteiger partial charge is 0.267 e. The molecule has 29 heavy (non-hydrogen) atoms.